The topological polar surface area (TPSA) is 63.5 Å². The number of para-hydroxylation sites is 1. The van der Waals surface area contributed by atoms with Crippen LogP contribution in [0.15, 0.2) is 36.5 Å². The van der Waals surface area contributed by atoms with Gasteiger partial charge in [-0.3, -0.25) is 14.7 Å². The van der Waals surface area contributed by atoms with Crippen molar-refractivity contribution < 1.29 is 9.18 Å². The Kier molecular flexibility index (Phi) is 5.63. The van der Waals surface area contributed by atoms with Crippen molar-refractivity contribution in [1.29, 1.82) is 5.26 Å². The lowest BCUT2D eigenvalue weighted by Crippen LogP contribution is -2.48. The molecule has 2 aromatic rings. The third-order valence-electron chi connectivity index (χ3n) is 6.17. The number of rotatable bonds is 4. The summed E-state index contributed by atoms with van der Waals surface area (Å²) in [5.74, 6) is -0.137. The van der Waals surface area contributed by atoms with Crippen LogP contribution in [0.25, 0.3) is 10.9 Å². The van der Waals surface area contributed by atoms with E-state index < -0.39 is 12.2 Å². The summed E-state index contributed by atoms with van der Waals surface area (Å²) in [5.41, 5.74) is 2.09. The Balaban J connectivity index is 1.33. The first-order chi connectivity index (χ1) is 14.0. The molecule has 1 aromatic heterocycles. The van der Waals surface area contributed by atoms with Crippen molar-refractivity contribution in [2.75, 3.05) is 38.1 Å². The van der Waals surface area contributed by atoms with Gasteiger partial charge >= 0.3 is 0 Å². The molecule has 2 saturated heterocycles. The van der Waals surface area contributed by atoms with Gasteiger partial charge in [-0.2, -0.15) is 5.26 Å². The number of anilines is 1. The molecule has 0 unspecified atom stereocenters. The van der Waals surface area contributed by atoms with E-state index in [0.717, 1.165) is 42.5 Å². The number of hydrogen-bond acceptors (Lipinski definition) is 5. The van der Waals surface area contributed by atoms with Gasteiger partial charge in [-0.15, -0.1) is 0 Å². The second kappa shape index (κ2) is 8.34. The summed E-state index contributed by atoms with van der Waals surface area (Å²) in [5, 5.41) is 10.3. The van der Waals surface area contributed by atoms with Crippen LogP contribution in [0.1, 0.15) is 19.3 Å². The number of hydrogen-bond donors (Lipinski definition) is 0. The lowest BCUT2D eigenvalue weighted by atomic mass is 10.0. The summed E-state index contributed by atoms with van der Waals surface area (Å²) in [6.07, 6.45) is 2.86. The van der Waals surface area contributed by atoms with Gasteiger partial charge in [-0.25, -0.2) is 4.39 Å². The molecule has 2 aliphatic rings. The monoisotopic (exact) mass is 395 g/mol. The van der Waals surface area contributed by atoms with Crippen LogP contribution in [0.2, 0.25) is 0 Å². The van der Waals surface area contributed by atoms with Crippen LogP contribution >= 0.6 is 0 Å². The van der Waals surface area contributed by atoms with Crippen molar-refractivity contribution in [1.82, 2.24) is 14.8 Å². The maximum Gasteiger partial charge on any atom is 0.237 e. The van der Waals surface area contributed by atoms with E-state index in [1.807, 2.05) is 30.5 Å². The Morgan fingerprint density at radius 2 is 2.10 bits per heavy atom. The second-order valence-electron chi connectivity index (χ2n) is 8.03. The van der Waals surface area contributed by atoms with Crippen LogP contribution in [0, 0.1) is 11.3 Å². The number of fused-ring (bicyclic) bond motifs is 1. The fourth-order valence-corrected chi connectivity index (χ4v) is 4.39. The third-order valence-corrected chi connectivity index (χ3v) is 6.17. The number of aromatic nitrogens is 1. The highest BCUT2D eigenvalue weighted by atomic mass is 19.1. The molecule has 2 atom stereocenters. The summed E-state index contributed by atoms with van der Waals surface area (Å²) in [4.78, 5) is 22.9. The van der Waals surface area contributed by atoms with Gasteiger partial charge in [0, 0.05) is 38.0 Å². The number of piperidine rings is 1. The highest BCUT2D eigenvalue weighted by molar-refractivity contribution is 5.81. The Hall–Kier alpha value is -2.72. The van der Waals surface area contributed by atoms with Crippen molar-refractivity contribution in [3.05, 3.63) is 36.5 Å². The summed E-state index contributed by atoms with van der Waals surface area (Å²) < 4.78 is 13.6. The molecule has 2 aliphatic heterocycles. The minimum Gasteiger partial charge on any atom is -0.370 e. The highest BCUT2D eigenvalue weighted by Crippen LogP contribution is 2.25. The molecule has 7 heteroatoms. The van der Waals surface area contributed by atoms with Crippen molar-refractivity contribution in [3.8, 4) is 6.07 Å². The summed E-state index contributed by atoms with van der Waals surface area (Å²) in [6, 6.07) is 12.1. The first-order valence-corrected chi connectivity index (χ1v) is 10.2. The molecule has 0 aliphatic carbocycles. The number of likely N-dealkylation sites (tertiary alicyclic amines) is 2. The molecule has 0 bridgehead atoms. The van der Waals surface area contributed by atoms with Crippen LogP contribution in [0.4, 0.5) is 10.1 Å². The normalized spacial score (nSPS) is 23.3. The number of halogens is 1. The van der Waals surface area contributed by atoms with Crippen molar-refractivity contribution in [2.45, 2.75) is 37.5 Å². The van der Waals surface area contributed by atoms with Crippen molar-refractivity contribution in [3.63, 3.8) is 0 Å². The van der Waals surface area contributed by atoms with Gasteiger partial charge in [0.25, 0.3) is 0 Å². The van der Waals surface area contributed by atoms with Crippen LogP contribution in [-0.4, -0.2) is 72.2 Å². The molecule has 1 aromatic carbocycles. The molecule has 2 fully saturated rings. The minimum atomic E-state index is -1.08. The molecule has 1 amide bonds. The van der Waals surface area contributed by atoms with Crippen LogP contribution in [0.5, 0.6) is 0 Å². The largest absolute Gasteiger partial charge is 0.370 e. The number of pyridine rings is 1. The van der Waals surface area contributed by atoms with E-state index >= 15 is 0 Å². The first kappa shape index (κ1) is 19.6. The zero-order valence-corrected chi connectivity index (χ0v) is 16.7. The Morgan fingerprint density at radius 1 is 1.34 bits per heavy atom. The number of benzene rings is 1. The lowest BCUT2D eigenvalue weighted by molar-refractivity contribution is -0.132. The molecule has 0 radical (unpaired) electrons. The summed E-state index contributed by atoms with van der Waals surface area (Å²) >= 11 is 0. The molecular formula is C22H26FN5O. The summed E-state index contributed by atoms with van der Waals surface area (Å²) in [6.45, 7) is 1.93. The van der Waals surface area contributed by atoms with Gasteiger partial charge in [0.1, 0.15) is 12.2 Å². The lowest BCUT2D eigenvalue weighted by Gasteiger charge is -2.38. The fraction of sp³-hybridized carbons (Fsp3) is 0.500. The maximum absolute atomic E-state index is 13.6. The molecule has 4 rings (SSSR count). The average molecular weight is 395 g/mol. The SMILES string of the molecule is CN(c1cnc2ccccc2c1)C1CCN(CC(=O)N2C[C@@H](F)C[C@H]2C#N)CC1. The minimum absolute atomic E-state index is 0.0469. The van der Waals surface area contributed by atoms with Crippen LogP contribution < -0.4 is 4.90 Å². The fourth-order valence-electron chi connectivity index (χ4n) is 4.39. The predicted octanol–water partition coefficient (Wildman–Crippen LogP) is 2.60. The van der Waals surface area contributed by atoms with Crippen molar-refractivity contribution in [2.24, 2.45) is 0 Å². The van der Waals surface area contributed by atoms with Gasteiger partial charge in [0.2, 0.25) is 5.91 Å². The van der Waals surface area contributed by atoms with E-state index in [1.165, 1.54) is 4.90 Å². The van der Waals surface area contributed by atoms with Gasteiger partial charge < -0.3 is 9.80 Å². The molecular weight excluding hydrogens is 369 g/mol. The number of carbonyl (C=O) groups excluding carboxylic acids is 1. The van der Waals surface area contributed by atoms with E-state index in [2.05, 4.69) is 34.0 Å². The predicted molar refractivity (Wildman–Crippen MR) is 110 cm³/mol. The zero-order chi connectivity index (χ0) is 20.4. The Morgan fingerprint density at radius 3 is 2.86 bits per heavy atom. The smallest absolute Gasteiger partial charge is 0.237 e. The summed E-state index contributed by atoms with van der Waals surface area (Å²) in [7, 11) is 2.10. The van der Waals surface area contributed by atoms with Gasteiger partial charge in [-0.05, 0) is 25.0 Å². The molecule has 0 N–H and O–H groups in total. The number of alkyl halides is 1. The van der Waals surface area contributed by atoms with Gasteiger partial charge in [0.15, 0.2) is 0 Å². The molecule has 3 heterocycles. The highest BCUT2D eigenvalue weighted by Gasteiger charge is 2.36. The van der Waals surface area contributed by atoms with E-state index in [1.54, 1.807) is 0 Å². The van der Waals surface area contributed by atoms with E-state index in [9.17, 15) is 9.18 Å². The molecule has 29 heavy (non-hydrogen) atoms. The van der Waals surface area contributed by atoms with Crippen LogP contribution in [0.3, 0.4) is 0 Å². The number of carbonyl (C=O) groups is 1. The van der Waals surface area contributed by atoms with E-state index in [0.29, 0.717) is 6.04 Å². The van der Waals surface area contributed by atoms with E-state index in [4.69, 9.17) is 5.26 Å². The molecule has 6 nitrogen and oxygen atoms in total. The second-order valence-corrected chi connectivity index (χ2v) is 8.03. The number of nitriles is 1. The van der Waals surface area contributed by atoms with Gasteiger partial charge in [0.05, 0.1) is 36.6 Å². The number of amides is 1. The van der Waals surface area contributed by atoms with E-state index in [-0.39, 0.29) is 25.4 Å². The first-order valence-electron chi connectivity index (χ1n) is 10.2. The Labute approximate surface area is 170 Å². The Bertz CT molecular complexity index is 921. The maximum atomic E-state index is 13.6. The van der Waals surface area contributed by atoms with Crippen LogP contribution in [-0.2, 0) is 4.79 Å². The van der Waals surface area contributed by atoms with Crippen molar-refractivity contribution >= 4 is 22.5 Å². The third kappa shape index (κ3) is 4.18. The zero-order valence-electron chi connectivity index (χ0n) is 16.7. The molecule has 0 spiro atoms. The number of nitrogens with zero attached hydrogens (tertiary/aromatic N) is 5. The van der Waals surface area contributed by atoms with Gasteiger partial charge in [-0.1, -0.05) is 18.2 Å². The average Bonchev–Trinajstić information content (AvgIpc) is 3.14. The molecule has 152 valence electrons. The standard InChI is InChI=1S/C22H26FN5O/c1-26(20-10-16-4-2-3-5-21(16)25-13-20)18-6-8-27(9-7-18)15-22(29)28-14-17(23)11-19(28)12-24/h2-5,10,13,17-19H,6-9,11,14-15H2,1H3/t17-,19-/m0/s1. The molecule has 0 saturated carbocycles. The quantitative estimate of drug-likeness (QED) is 0.796.